The van der Waals surface area contributed by atoms with Gasteiger partial charge in [0.1, 0.15) is 23.2 Å². The summed E-state index contributed by atoms with van der Waals surface area (Å²) in [5.41, 5.74) is -2.35. The van der Waals surface area contributed by atoms with Gasteiger partial charge in [0, 0.05) is 18.9 Å². The average molecular weight is 627 g/mol. The summed E-state index contributed by atoms with van der Waals surface area (Å²) in [5, 5.41) is 15.9. The molecule has 3 fully saturated rings. The first kappa shape index (κ1) is 33.2. The number of hydrogen-bond acceptors (Lipinski definition) is 9. The molecule has 2 saturated carbocycles. The number of hydrogen-bond donors (Lipinski definition) is 4. The summed E-state index contributed by atoms with van der Waals surface area (Å²) in [4.78, 5) is 55.3. The fourth-order valence-electron chi connectivity index (χ4n) is 5.67. The van der Waals surface area contributed by atoms with E-state index < -0.39 is 79.9 Å². The molecule has 4 amide bonds. The number of amides is 4. The second-order valence-electron chi connectivity index (χ2n) is 13.6. The maximum Gasteiger partial charge on any atom is 0.408 e. The molecule has 0 bridgehead atoms. The topological polar surface area (TPSA) is 180 Å². The molecular weight excluding hydrogens is 580 g/mol. The highest BCUT2D eigenvalue weighted by Gasteiger charge is 2.63. The average Bonchev–Trinajstić information content (AvgIpc) is 3.77. The minimum atomic E-state index is -3.96. The number of aliphatic hydroxyl groups is 1. The van der Waals surface area contributed by atoms with E-state index in [0.29, 0.717) is 32.1 Å². The van der Waals surface area contributed by atoms with Crippen LogP contribution < -0.4 is 15.4 Å². The fourth-order valence-corrected chi connectivity index (χ4v) is 6.98. The Kier molecular flexibility index (Phi) is 9.26. The lowest BCUT2D eigenvalue weighted by molar-refractivity contribution is -0.145. The van der Waals surface area contributed by atoms with Crippen LogP contribution in [0.2, 0.25) is 0 Å². The number of ether oxygens (including phenoxy) is 2. The van der Waals surface area contributed by atoms with Gasteiger partial charge in [-0.1, -0.05) is 19.1 Å². The first-order chi connectivity index (χ1) is 19.9. The van der Waals surface area contributed by atoms with E-state index in [9.17, 15) is 32.7 Å². The van der Waals surface area contributed by atoms with Crippen molar-refractivity contribution in [3.63, 3.8) is 0 Å². The summed E-state index contributed by atoms with van der Waals surface area (Å²) in [6.45, 7) is 10.1. The molecule has 1 saturated heterocycles. The van der Waals surface area contributed by atoms with E-state index in [1.165, 1.54) is 4.90 Å². The molecule has 13 nitrogen and oxygen atoms in total. The molecule has 0 radical (unpaired) electrons. The second kappa shape index (κ2) is 12.0. The van der Waals surface area contributed by atoms with Crippen LogP contribution >= 0.6 is 0 Å². The van der Waals surface area contributed by atoms with E-state index in [1.54, 1.807) is 33.8 Å². The molecule has 242 valence electrons. The third-order valence-corrected chi connectivity index (χ3v) is 10.8. The fraction of sp³-hybridized carbons (Fsp3) is 0.793. The quantitative estimate of drug-likeness (QED) is 0.327. The lowest BCUT2D eigenvalue weighted by atomic mass is 10.0. The lowest BCUT2D eigenvalue weighted by Gasteiger charge is -2.34. The van der Waals surface area contributed by atoms with Gasteiger partial charge in [-0.15, -0.1) is 0 Å². The maximum absolute atomic E-state index is 14.1. The smallest absolute Gasteiger partial charge is 0.408 e. The van der Waals surface area contributed by atoms with Crippen molar-refractivity contribution >= 4 is 33.8 Å². The van der Waals surface area contributed by atoms with E-state index in [-0.39, 0.29) is 25.5 Å². The Morgan fingerprint density at radius 2 is 1.93 bits per heavy atom. The third-order valence-electron chi connectivity index (χ3n) is 8.69. The molecule has 2 heterocycles. The second-order valence-corrected chi connectivity index (χ2v) is 15.8. The molecule has 2 aliphatic carbocycles. The molecular formula is C29H46N4O9S. The summed E-state index contributed by atoms with van der Waals surface area (Å²) in [6, 6.07) is -2.39. The minimum absolute atomic E-state index is 0.0979. The predicted molar refractivity (Wildman–Crippen MR) is 156 cm³/mol. The molecule has 4 aliphatic rings. The number of carbonyl (C=O) groups is 4. The van der Waals surface area contributed by atoms with Gasteiger partial charge < -0.3 is 30.1 Å². The van der Waals surface area contributed by atoms with E-state index >= 15 is 0 Å². The highest BCUT2D eigenvalue weighted by molar-refractivity contribution is 7.91. The molecule has 0 unspecified atom stereocenters. The zero-order valence-electron chi connectivity index (χ0n) is 25.8. The van der Waals surface area contributed by atoms with Gasteiger partial charge in [0.25, 0.3) is 5.91 Å². The molecule has 0 aromatic heterocycles. The van der Waals surface area contributed by atoms with Crippen molar-refractivity contribution in [3.05, 3.63) is 12.2 Å². The molecule has 0 aromatic rings. The van der Waals surface area contributed by atoms with Crippen LogP contribution in [0.4, 0.5) is 4.79 Å². The minimum Gasteiger partial charge on any atom is -0.444 e. The van der Waals surface area contributed by atoms with Crippen LogP contribution in [0.15, 0.2) is 12.2 Å². The Morgan fingerprint density at radius 3 is 2.53 bits per heavy atom. The van der Waals surface area contributed by atoms with Crippen molar-refractivity contribution in [2.24, 2.45) is 5.92 Å². The van der Waals surface area contributed by atoms with E-state index in [0.717, 1.165) is 0 Å². The van der Waals surface area contributed by atoms with E-state index in [1.807, 2.05) is 19.9 Å². The number of fused-ring (bicyclic) bond motifs is 2. The number of alkyl carbamates (subject to hydrolysis) is 1. The normalized spacial score (nSPS) is 35.3. The number of carbonyl (C=O) groups excluding carboxylic acids is 4. The summed E-state index contributed by atoms with van der Waals surface area (Å²) in [6.07, 6.45) is 3.19. The molecule has 4 rings (SSSR count). The zero-order valence-corrected chi connectivity index (χ0v) is 26.7. The Bertz CT molecular complexity index is 1260. The van der Waals surface area contributed by atoms with E-state index in [2.05, 4.69) is 15.4 Å². The van der Waals surface area contributed by atoms with Gasteiger partial charge in [0.2, 0.25) is 21.8 Å². The van der Waals surface area contributed by atoms with Crippen LogP contribution in [0.3, 0.4) is 0 Å². The van der Waals surface area contributed by atoms with E-state index in [4.69, 9.17) is 9.47 Å². The molecule has 0 spiro atoms. The van der Waals surface area contributed by atoms with Gasteiger partial charge in [-0.25, -0.2) is 13.2 Å². The maximum atomic E-state index is 14.1. The first-order valence-corrected chi connectivity index (χ1v) is 16.6. The summed E-state index contributed by atoms with van der Waals surface area (Å²) >= 11 is 0. The lowest BCUT2D eigenvalue weighted by Crippen LogP contribution is -2.60. The number of aliphatic hydroxyl groups excluding tert-OH is 1. The number of allylic oxidation sites excluding steroid dienone is 1. The molecule has 43 heavy (non-hydrogen) atoms. The number of rotatable bonds is 5. The monoisotopic (exact) mass is 626 g/mol. The van der Waals surface area contributed by atoms with Crippen molar-refractivity contribution in [3.8, 4) is 0 Å². The molecule has 0 aromatic carbocycles. The largest absolute Gasteiger partial charge is 0.444 e. The Balaban J connectivity index is 1.65. The van der Waals surface area contributed by atoms with Gasteiger partial charge in [-0.2, -0.15) is 0 Å². The molecule has 14 heteroatoms. The SMILES string of the molecule is CC[C@@H]1O[C@H](C)CC/C=C\[C@@H]2C[C@@]2(C(=O)NS(=O)(=O)C2(C)CC2)NC(=O)[C@@H]2C[C@@H](O)CN2C(=O)[C@H]1NC(=O)OC(C)(C)C. The van der Waals surface area contributed by atoms with Crippen molar-refractivity contribution in [2.45, 2.75) is 133 Å². The van der Waals surface area contributed by atoms with Gasteiger partial charge in [-0.3, -0.25) is 19.1 Å². The summed E-state index contributed by atoms with van der Waals surface area (Å²) < 4.78 is 38.6. The van der Waals surface area contributed by atoms with Crippen LogP contribution in [-0.2, 0) is 33.9 Å². The van der Waals surface area contributed by atoms with Crippen molar-refractivity contribution in [2.75, 3.05) is 6.54 Å². The van der Waals surface area contributed by atoms with Crippen molar-refractivity contribution in [1.82, 2.24) is 20.3 Å². The predicted octanol–water partition coefficient (Wildman–Crippen LogP) is 1.25. The van der Waals surface area contributed by atoms with Gasteiger partial charge in [0.05, 0.1) is 23.1 Å². The van der Waals surface area contributed by atoms with Crippen molar-refractivity contribution < 1.29 is 42.2 Å². The standard InChI is InChI=1S/C29H46N4O9S/c1-7-21-22(30-26(38)42-27(3,4)5)24(36)33-16-19(34)14-20(33)23(35)31-29(15-18(29)11-9-8-10-17(2)41-21)25(37)32-43(39,40)28(6)12-13-28/h9,11,17-22,34H,7-8,10,12-16H2,1-6H3,(H,30,38)(H,31,35)(H,32,37)/b11-9-/t17-,18-,19-,20+,21+,22+,29-/m1/s1. The van der Waals surface area contributed by atoms with Gasteiger partial charge in [0.15, 0.2) is 0 Å². The van der Waals surface area contributed by atoms with Crippen LogP contribution in [0.5, 0.6) is 0 Å². The third kappa shape index (κ3) is 7.34. The van der Waals surface area contributed by atoms with Gasteiger partial charge >= 0.3 is 6.09 Å². The van der Waals surface area contributed by atoms with Gasteiger partial charge in [-0.05, 0) is 73.1 Å². The molecule has 7 atom stereocenters. The Hall–Kier alpha value is -2.71. The first-order valence-electron chi connectivity index (χ1n) is 15.1. The van der Waals surface area contributed by atoms with Crippen LogP contribution in [0, 0.1) is 5.92 Å². The molecule has 4 N–H and O–H groups in total. The highest BCUT2D eigenvalue weighted by Crippen LogP contribution is 2.47. The Labute approximate surface area is 253 Å². The Morgan fingerprint density at radius 1 is 1.26 bits per heavy atom. The number of nitrogens with zero attached hydrogens (tertiary/aromatic N) is 1. The number of nitrogens with one attached hydrogen (secondary N) is 3. The molecule has 2 aliphatic heterocycles. The van der Waals surface area contributed by atoms with Crippen molar-refractivity contribution in [1.29, 1.82) is 0 Å². The highest BCUT2D eigenvalue weighted by atomic mass is 32.2. The van der Waals surface area contributed by atoms with Crippen LogP contribution in [0.25, 0.3) is 0 Å². The zero-order chi connectivity index (χ0) is 32.0. The number of sulfonamides is 1. The summed E-state index contributed by atoms with van der Waals surface area (Å²) in [5.74, 6) is -2.61. The summed E-state index contributed by atoms with van der Waals surface area (Å²) in [7, 11) is -3.96. The van der Waals surface area contributed by atoms with Crippen LogP contribution in [0.1, 0.15) is 86.5 Å². The van der Waals surface area contributed by atoms with Crippen LogP contribution in [-0.4, -0.2) is 95.1 Å².